The fourth-order valence-corrected chi connectivity index (χ4v) is 3.99. The van der Waals surface area contributed by atoms with E-state index in [9.17, 15) is 4.79 Å². The van der Waals surface area contributed by atoms with Crippen LogP contribution in [0.4, 0.5) is 0 Å². The summed E-state index contributed by atoms with van der Waals surface area (Å²) in [5.41, 5.74) is 0. The Bertz CT molecular complexity index is 377. The maximum absolute atomic E-state index is 10.3. The van der Waals surface area contributed by atoms with Crippen LogP contribution in [0.15, 0.2) is 0 Å². The molecule has 0 aromatic rings. The van der Waals surface area contributed by atoms with Gasteiger partial charge in [0.05, 0.1) is 0 Å². The Morgan fingerprint density at radius 1 is 0.606 bits per heavy atom. The molecule has 0 unspecified atom stereocenters. The van der Waals surface area contributed by atoms with Crippen molar-refractivity contribution in [1.82, 2.24) is 19.6 Å². The molecule has 5 heteroatoms. The number of amides is 1. The largest absolute Gasteiger partial charge is 0.346 e. The fraction of sp³-hybridized carbons (Fsp3) is 0.964. The first kappa shape index (κ1) is 36.9. The molecular formula is C28H64N4O. The van der Waals surface area contributed by atoms with Gasteiger partial charge in [-0.05, 0) is 93.3 Å². The van der Waals surface area contributed by atoms with E-state index in [0.717, 1.165) is 24.9 Å². The van der Waals surface area contributed by atoms with Crippen LogP contribution in [0.2, 0.25) is 0 Å². The fourth-order valence-electron chi connectivity index (χ4n) is 3.99. The highest BCUT2D eigenvalue weighted by Crippen LogP contribution is 2.24. The van der Waals surface area contributed by atoms with Crippen molar-refractivity contribution in [2.45, 2.75) is 92.4 Å². The van der Waals surface area contributed by atoms with E-state index < -0.39 is 0 Å². The topological polar surface area (TPSA) is 30.0 Å². The van der Waals surface area contributed by atoms with Crippen LogP contribution >= 0.6 is 0 Å². The Kier molecular flexibility index (Phi) is 27.4. The summed E-state index contributed by atoms with van der Waals surface area (Å²) in [5.74, 6) is 2.13. The molecule has 2 fully saturated rings. The highest BCUT2D eigenvalue weighted by Gasteiger charge is 2.13. The summed E-state index contributed by atoms with van der Waals surface area (Å²) < 4.78 is 0. The molecule has 0 N–H and O–H groups in total. The minimum absolute atomic E-state index is 0. The Morgan fingerprint density at radius 2 is 0.909 bits per heavy atom. The predicted molar refractivity (Wildman–Crippen MR) is 150 cm³/mol. The maximum Gasteiger partial charge on any atom is 0.219 e. The molecule has 0 aliphatic heterocycles. The third-order valence-electron chi connectivity index (χ3n) is 6.34. The van der Waals surface area contributed by atoms with Crippen LogP contribution in [-0.4, -0.2) is 101 Å². The summed E-state index contributed by atoms with van der Waals surface area (Å²) in [6.45, 7) is 10.2. The highest BCUT2D eigenvalue weighted by molar-refractivity contribution is 5.72. The van der Waals surface area contributed by atoms with Crippen LogP contribution in [0.5, 0.6) is 0 Å². The molecule has 0 aromatic carbocycles. The van der Waals surface area contributed by atoms with Gasteiger partial charge in [-0.1, -0.05) is 52.9 Å². The van der Waals surface area contributed by atoms with Crippen molar-refractivity contribution in [3.8, 4) is 0 Å². The van der Waals surface area contributed by atoms with E-state index in [2.05, 4.69) is 63.9 Å². The SMILES string of the molecule is C.CCN(C)C.CCN(C)C(C)=O.CN(C)CC1CCCCC1.CN(C)CC1CCCCC1. The number of carbonyl (C=O) groups is 1. The first-order valence-electron chi connectivity index (χ1n) is 13.2. The molecule has 2 aliphatic carbocycles. The van der Waals surface area contributed by atoms with E-state index in [1.807, 2.05) is 6.92 Å². The van der Waals surface area contributed by atoms with Crippen molar-refractivity contribution in [1.29, 1.82) is 0 Å². The summed E-state index contributed by atoms with van der Waals surface area (Å²) >= 11 is 0. The van der Waals surface area contributed by atoms with E-state index >= 15 is 0 Å². The highest BCUT2D eigenvalue weighted by atomic mass is 16.2. The Hall–Kier alpha value is -0.650. The van der Waals surface area contributed by atoms with Gasteiger partial charge < -0.3 is 19.6 Å². The molecule has 2 saturated carbocycles. The second kappa shape index (κ2) is 24.5. The lowest BCUT2D eigenvalue weighted by Crippen LogP contribution is -2.23. The van der Waals surface area contributed by atoms with Crippen molar-refractivity contribution in [3.63, 3.8) is 0 Å². The van der Waals surface area contributed by atoms with Crippen molar-refractivity contribution in [2.75, 3.05) is 75.5 Å². The van der Waals surface area contributed by atoms with Crippen LogP contribution in [0.25, 0.3) is 0 Å². The zero-order chi connectivity index (χ0) is 24.9. The number of nitrogens with zero attached hydrogens (tertiary/aromatic N) is 4. The Balaban J connectivity index is -0.000000373. The van der Waals surface area contributed by atoms with Gasteiger partial charge in [-0.3, -0.25) is 4.79 Å². The molecule has 0 spiro atoms. The average Bonchev–Trinajstić information content (AvgIpc) is 2.75. The summed E-state index contributed by atoms with van der Waals surface area (Å²) in [6.07, 6.45) is 14.7. The van der Waals surface area contributed by atoms with Crippen molar-refractivity contribution >= 4 is 5.91 Å². The lowest BCUT2D eigenvalue weighted by atomic mass is 9.89. The zero-order valence-electron chi connectivity index (χ0n) is 23.8. The van der Waals surface area contributed by atoms with Crippen molar-refractivity contribution in [2.24, 2.45) is 11.8 Å². The third kappa shape index (κ3) is 27.5. The monoisotopic (exact) mass is 473 g/mol. The maximum atomic E-state index is 10.3. The normalized spacial score (nSPS) is 16.5. The molecular weight excluding hydrogens is 408 g/mol. The van der Waals surface area contributed by atoms with Gasteiger partial charge in [0.25, 0.3) is 0 Å². The van der Waals surface area contributed by atoms with Crippen molar-refractivity contribution in [3.05, 3.63) is 0 Å². The lowest BCUT2D eigenvalue weighted by Gasteiger charge is -2.24. The zero-order valence-corrected chi connectivity index (χ0v) is 23.8. The van der Waals surface area contributed by atoms with Gasteiger partial charge >= 0.3 is 0 Å². The molecule has 2 aliphatic rings. The Morgan fingerprint density at radius 3 is 1.06 bits per heavy atom. The second-order valence-corrected chi connectivity index (χ2v) is 10.5. The molecule has 0 radical (unpaired) electrons. The second-order valence-electron chi connectivity index (χ2n) is 10.5. The third-order valence-corrected chi connectivity index (χ3v) is 6.34. The van der Waals surface area contributed by atoms with Gasteiger partial charge in [0.15, 0.2) is 0 Å². The first-order valence-corrected chi connectivity index (χ1v) is 13.2. The molecule has 5 nitrogen and oxygen atoms in total. The molecule has 0 atom stereocenters. The van der Waals surface area contributed by atoms with E-state index in [1.165, 1.54) is 77.3 Å². The van der Waals surface area contributed by atoms with Crippen LogP contribution < -0.4 is 0 Å². The van der Waals surface area contributed by atoms with Crippen molar-refractivity contribution < 1.29 is 4.79 Å². The molecule has 2 rings (SSSR count). The molecule has 0 saturated heterocycles. The Labute approximate surface area is 210 Å². The number of hydrogen-bond acceptors (Lipinski definition) is 4. The quantitative estimate of drug-likeness (QED) is 0.478. The first-order chi connectivity index (χ1) is 15.0. The summed E-state index contributed by atoms with van der Waals surface area (Å²) in [4.78, 5) is 18.7. The number of carbonyl (C=O) groups excluding carboxylic acids is 1. The van der Waals surface area contributed by atoms with Gasteiger partial charge in [0.1, 0.15) is 0 Å². The molecule has 0 heterocycles. The molecule has 0 bridgehead atoms. The number of hydrogen-bond donors (Lipinski definition) is 0. The predicted octanol–water partition coefficient (Wildman–Crippen LogP) is 5.95. The summed E-state index contributed by atoms with van der Waals surface area (Å²) in [6, 6.07) is 0. The molecule has 202 valence electrons. The van der Waals surface area contributed by atoms with Crippen LogP contribution in [-0.2, 0) is 4.79 Å². The molecule has 1 amide bonds. The van der Waals surface area contributed by atoms with E-state index in [1.54, 1.807) is 18.9 Å². The van der Waals surface area contributed by atoms with Gasteiger partial charge in [0, 0.05) is 33.6 Å². The van der Waals surface area contributed by atoms with E-state index in [0.29, 0.717) is 0 Å². The van der Waals surface area contributed by atoms with Crippen LogP contribution in [0, 0.1) is 11.8 Å². The van der Waals surface area contributed by atoms with Crippen LogP contribution in [0.1, 0.15) is 92.4 Å². The average molecular weight is 473 g/mol. The molecule has 0 aromatic heterocycles. The smallest absolute Gasteiger partial charge is 0.219 e. The van der Waals surface area contributed by atoms with Gasteiger partial charge in [-0.2, -0.15) is 0 Å². The standard InChI is InChI=1S/2C9H19N.C5H11NO.C4H11N.CH4/c2*1-10(2)8-9-6-4-3-5-7-9;1-4-6(3)5(2)7;1-4-5(2)3;/h2*9H,3-8H2,1-2H3;4H2,1-3H3;4H2,1-3H3;1H4. The van der Waals surface area contributed by atoms with Gasteiger partial charge in [0.2, 0.25) is 5.91 Å². The summed E-state index contributed by atoms with van der Waals surface area (Å²) in [5, 5.41) is 0. The number of rotatable bonds is 6. The minimum Gasteiger partial charge on any atom is -0.346 e. The van der Waals surface area contributed by atoms with Gasteiger partial charge in [-0.15, -0.1) is 0 Å². The van der Waals surface area contributed by atoms with Gasteiger partial charge in [-0.25, -0.2) is 0 Å². The molecule has 33 heavy (non-hydrogen) atoms. The van der Waals surface area contributed by atoms with Crippen LogP contribution in [0.3, 0.4) is 0 Å². The minimum atomic E-state index is 0. The lowest BCUT2D eigenvalue weighted by molar-refractivity contribution is -0.127. The van der Waals surface area contributed by atoms with E-state index in [4.69, 9.17) is 0 Å². The van der Waals surface area contributed by atoms with E-state index in [-0.39, 0.29) is 13.3 Å². The summed E-state index contributed by atoms with van der Waals surface area (Å²) in [7, 11) is 14.6.